The molecule has 0 aliphatic rings. The molecule has 4 nitrogen and oxygen atoms in total. The predicted octanol–water partition coefficient (Wildman–Crippen LogP) is 3.13. The molecule has 1 aromatic carbocycles. The summed E-state index contributed by atoms with van der Waals surface area (Å²) in [5, 5.41) is 2.88. The minimum Gasteiger partial charge on any atom is -0.384 e. The van der Waals surface area contributed by atoms with E-state index in [2.05, 4.69) is 10.0 Å². The Balaban J connectivity index is 2.60. The van der Waals surface area contributed by atoms with E-state index in [1.165, 1.54) is 6.07 Å². The van der Waals surface area contributed by atoms with E-state index >= 15 is 0 Å². The summed E-state index contributed by atoms with van der Waals surface area (Å²) in [5.74, 6) is 0. The highest BCUT2D eigenvalue weighted by atomic mass is 32.2. The molecule has 1 rings (SSSR count). The van der Waals surface area contributed by atoms with Crippen molar-refractivity contribution in [3.8, 4) is 0 Å². The van der Waals surface area contributed by atoms with Gasteiger partial charge in [0, 0.05) is 19.5 Å². The maximum Gasteiger partial charge on any atom is 0.389 e. The van der Waals surface area contributed by atoms with Crippen molar-refractivity contribution in [2.24, 2.45) is 0 Å². The summed E-state index contributed by atoms with van der Waals surface area (Å²) >= 11 is 0. The third kappa shape index (κ3) is 6.34. The molecule has 0 radical (unpaired) electrons. The third-order valence-electron chi connectivity index (χ3n) is 2.71. The van der Waals surface area contributed by atoms with Gasteiger partial charge in [-0.2, -0.15) is 13.2 Å². The molecule has 0 aromatic heterocycles. The molecular weight excluding hydrogens is 305 g/mol. The summed E-state index contributed by atoms with van der Waals surface area (Å²) in [4.78, 5) is 0.0997. The van der Waals surface area contributed by atoms with Crippen LogP contribution in [0.4, 0.5) is 18.9 Å². The summed E-state index contributed by atoms with van der Waals surface area (Å²) < 4.78 is 62.3. The standard InChI is InChI=1S/C13H19F3N2O2S/c1-2-18-21(19,20)12-8-4-3-7-11(12)17-10-6-5-9-13(14,15)16/h3-4,7-8,17-18H,2,5-6,9-10H2,1H3. The van der Waals surface area contributed by atoms with Crippen LogP contribution in [0.25, 0.3) is 0 Å². The van der Waals surface area contributed by atoms with E-state index < -0.39 is 22.6 Å². The Kier molecular flexibility index (Phi) is 6.47. The monoisotopic (exact) mass is 324 g/mol. The summed E-state index contributed by atoms with van der Waals surface area (Å²) in [6.07, 6.45) is -4.65. The Labute approximate surface area is 122 Å². The van der Waals surface area contributed by atoms with Crippen LogP contribution in [0.5, 0.6) is 0 Å². The molecule has 21 heavy (non-hydrogen) atoms. The van der Waals surface area contributed by atoms with Crippen molar-refractivity contribution in [3.63, 3.8) is 0 Å². The second-order valence-corrected chi connectivity index (χ2v) is 6.23. The van der Waals surface area contributed by atoms with E-state index in [0.29, 0.717) is 12.1 Å². The van der Waals surface area contributed by atoms with Gasteiger partial charge >= 0.3 is 6.18 Å². The van der Waals surface area contributed by atoms with Gasteiger partial charge in [0.05, 0.1) is 5.69 Å². The van der Waals surface area contributed by atoms with Crippen molar-refractivity contribution in [1.82, 2.24) is 4.72 Å². The van der Waals surface area contributed by atoms with Crippen LogP contribution in [0, 0.1) is 0 Å². The van der Waals surface area contributed by atoms with Gasteiger partial charge in [0.15, 0.2) is 0 Å². The smallest absolute Gasteiger partial charge is 0.384 e. The van der Waals surface area contributed by atoms with Crippen LogP contribution in [-0.2, 0) is 10.0 Å². The third-order valence-corrected chi connectivity index (χ3v) is 4.32. The van der Waals surface area contributed by atoms with Gasteiger partial charge in [-0.25, -0.2) is 13.1 Å². The predicted molar refractivity (Wildman–Crippen MR) is 75.7 cm³/mol. The van der Waals surface area contributed by atoms with Crippen LogP contribution in [0.15, 0.2) is 29.2 Å². The highest BCUT2D eigenvalue weighted by molar-refractivity contribution is 7.89. The second-order valence-electron chi connectivity index (χ2n) is 4.50. The number of hydrogen-bond acceptors (Lipinski definition) is 3. The Morgan fingerprint density at radius 3 is 2.43 bits per heavy atom. The minimum absolute atomic E-state index is 0.0125. The zero-order chi connectivity index (χ0) is 15.9. The average molecular weight is 324 g/mol. The number of para-hydroxylation sites is 1. The molecule has 0 fully saturated rings. The lowest BCUT2D eigenvalue weighted by Crippen LogP contribution is -2.24. The number of nitrogens with one attached hydrogen (secondary N) is 2. The fourth-order valence-electron chi connectivity index (χ4n) is 1.79. The molecule has 2 N–H and O–H groups in total. The summed E-state index contributed by atoms with van der Waals surface area (Å²) in [7, 11) is -3.60. The van der Waals surface area contributed by atoms with Crippen molar-refractivity contribution in [2.75, 3.05) is 18.4 Å². The van der Waals surface area contributed by atoms with Crippen LogP contribution in [-0.4, -0.2) is 27.7 Å². The van der Waals surface area contributed by atoms with Crippen LogP contribution < -0.4 is 10.0 Å². The van der Waals surface area contributed by atoms with Gasteiger partial charge in [0.2, 0.25) is 10.0 Å². The minimum atomic E-state index is -4.15. The number of hydrogen-bond donors (Lipinski definition) is 2. The quantitative estimate of drug-likeness (QED) is 0.722. The van der Waals surface area contributed by atoms with Crippen LogP contribution >= 0.6 is 0 Å². The van der Waals surface area contributed by atoms with Crippen molar-refractivity contribution >= 4 is 15.7 Å². The Morgan fingerprint density at radius 2 is 1.81 bits per heavy atom. The SMILES string of the molecule is CCNS(=O)(=O)c1ccccc1NCCCCC(F)(F)F. The zero-order valence-electron chi connectivity index (χ0n) is 11.7. The van der Waals surface area contributed by atoms with Gasteiger partial charge in [-0.1, -0.05) is 19.1 Å². The number of rotatable bonds is 8. The highest BCUT2D eigenvalue weighted by Gasteiger charge is 2.25. The number of sulfonamides is 1. The molecule has 8 heteroatoms. The molecule has 0 atom stereocenters. The molecule has 0 saturated carbocycles. The number of anilines is 1. The maximum absolute atomic E-state index is 12.0. The maximum atomic E-state index is 12.0. The normalized spacial score (nSPS) is 12.4. The molecular formula is C13H19F3N2O2S. The molecule has 0 amide bonds. The molecule has 0 aliphatic heterocycles. The molecule has 0 aliphatic carbocycles. The second kappa shape index (κ2) is 7.65. The van der Waals surface area contributed by atoms with E-state index in [-0.39, 0.29) is 24.4 Å². The first kappa shape index (κ1) is 17.8. The van der Waals surface area contributed by atoms with Crippen LogP contribution in [0.1, 0.15) is 26.2 Å². The first-order valence-corrected chi connectivity index (χ1v) is 8.14. The Morgan fingerprint density at radius 1 is 1.14 bits per heavy atom. The average Bonchev–Trinajstić information content (AvgIpc) is 2.37. The van der Waals surface area contributed by atoms with Gasteiger partial charge < -0.3 is 5.32 Å². The molecule has 0 heterocycles. The highest BCUT2D eigenvalue weighted by Crippen LogP contribution is 2.23. The van der Waals surface area contributed by atoms with E-state index in [1.54, 1.807) is 25.1 Å². The molecule has 0 bridgehead atoms. The first-order valence-electron chi connectivity index (χ1n) is 6.65. The van der Waals surface area contributed by atoms with Crippen LogP contribution in [0.2, 0.25) is 0 Å². The molecule has 0 saturated heterocycles. The van der Waals surface area contributed by atoms with Gasteiger partial charge in [-0.15, -0.1) is 0 Å². The van der Waals surface area contributed by atoms with Crippen molar-refractivity contribution in [2.45, 2.75) is 37.3 Å². The summed E-state index contributed by atoms with van der Waals surface area (Å²) in [6.45, 7) is 2.22. The van der Waals surface area contributed by atoms with E-state index in [4.69, 9.17) is 0 Å². The number of halogens is 3. The van der Waals surface area contributed by atoms with Crippen molar-refractivity contribution in [3.05, 3.63) is 24.3 Å². The summed E-state index contributed by atoms with van der Waals surface area (Å²) in [5.41, 5.74) is 0.394. The van der Waals surface area contributed by atoms with Gasteiger partial charge in [-0.3, -0.25) is 0 Å². The topological polar surface area (TPSA) is 58.2 Å². The number of alkyl halides is 3. The Bertz CT molecular complexity index is 545. The lowest BCUT2D eigenvalue weighted by Gasteiger charge is -2.13. The molecule has 1 aromatic rings. The zero-order valence-corrected chi connectivity index (χ0v) is 12.5. The van der Waals surface area contributed by atoms with Crippen molar-refractivity contribution in [1.29, 1.82) is 0 Å². The fraction of sp³-hybridized carbons (Fsp3) is 0.538. The first-order chi connectivity index (χ1) is 9.76. The van der Waals surface area contributed by atoms with E-state index in [1.807, 2.05) is 0 Å². The van der Waals surface area contributed by atoms with Gasteiger partial charge in [-0.05, 0) is 25.0 Å². The van der Waals surface area contributed by atoms with Crippen LogP contribution in [0.3, 0.4) is 0 Å². The molecule has 0 unspecified atom stereocenters. The summed E-state index contributed by atoms with van der Waals surface area (Å²) in [6, 6.07) is 6.31. The lowest BCUT2D eigenvalue weighted by molar-refractivity contribution is -0.135. The lowest BCUT2D eigenvalue weighted by atomic mass is 10.2. The van der Waals surface area contributed by atoms with Crippen molar-refractivity contribution < 1.29 is 21.6 Å². The molecule has 120 valence electrons. The van der Waals surface area contributed by atoms with E-state index in [0.717, 1.165) is 0 Å². The Hall–Kier alpha value is -1.28. The van der Waals surface area contributed by atoms with Gasteiger partial charge in [0.25, 0.3) is 0 Å². The fourth-order valence-corrected chi connectivity index (χ4v) is 3.01. The molecule has 0 spiro atoms. The van der Waals surface area contributed by atoms with E-state index in [9.17, 15) is 21.6 Å². The van der Waals surface area contributed by atoms with Gasteiger partial charge in [0.1, 0.15) is 4.90 Å². The number of unbranched alkanes of at least 4 members (excludes halogenated alkanes) is 1. The number of benzene rings is 1. The largest absolute Gasteiger partial charge is 0.389 e.